The minimum absolute atomic E-state index is 0.0876. The molecule has 0 radical (unpaired) electrons. The predicted octanol–water partition coefficient (Wildman–Crippen LogP) is 5.73. The average Bonchev–Trinajstić information content (AvgIpc) is 2.84. The standard InChI is InChI=1S/C27H17N3O/c31-27-21-16-15-20(18-9-3-1-4-10-18)17-23(21)29-26-25(19-11-5-2-6-12-19)28-22-13-7-8-14-24(22)30(26)27/h1-17H. The highest BCUT2D eigenvalue weighted by molar-refractivity contribution is 5.91. The summed E-state index contributed by atoms with van der Waals surface area (Å²) in [6, 6.07) is 33.5. The van der Waals surface area contributed by atoms with Gasteiger partial charge in [0.2, 0.25) is 0 Å². The molecule has 146 valence electrons. The third-order valence-corrected chi connectivity index (χ3v) is 5.59. The van der Waals surface area contributed by atoms with Gasteiger partial charge < -0.3 is 0 Å². The van der Waals surface area contributed by atoms with Gasteiger partial charge in [0.25, 0.3) is 5.56 Å². The van der Waals surface area contributed by atoms with Crippen LogP contribution in [0.15, 0.2) is 108 Å². The number of hydrogen-bond acceptors (Lipinski definition) is 3. The summed E-state index contributed by atoms with van der Waals surface area (Å²) in [5, 5.41) is 0.590. The number of nitrogens with zero attached hydrogens (tertiary/aromatic N) is 3. The van der Waals surface area contributed by atoms with Gasteiger partial charge in [-0.1, -0.05) is 78.9 Å². The van der Waals surface area contributed by atoms with Crippen molar-refractivity contribution < 1.29 is 0 Å². The topological polar surface area (TPSA) is 47.3 Å². The average molecular weight is 399 g/mol. The molecule has 2 aromatic heterocycles. The van der Waals surface area contributed by atoms with Gasteiger partial charge in [0.15, 0.2) is 5.65 Å². The van der Waals surface area contributed by atoms with Crippen molar-refractivity contribution in [2.45, 2.75) is 0 Å². The summed E-state index contributed by atoms with van der Waals surface area (Å²) in [6.07, 6.45) is 0. The number of para-hydroxylation sites is 2. The first-order valence-electron chi connectivity index (χ1n) is 10.2. The van der Waals surface area contributed by atoms with E-state index in [1.54, 1.807) is 4.40 Å². The second kappa shape index (κ2) is 6.89. The molecule has 0 fully saturated rings. The van der Waals surface area contributed by atoms with E-state index in [9.17, 15) is 4.79 Å². The summed E-state index contributed by atoms with van der Waals surface area (Å²) < 4.78 is 1.69. The first-order chi connectivity index (χ1) is 15.3. The number of aromatic nitrogens is 3. The van der Waals surface area contributed by atoms with Gasteiger partial charge >= 0.3 is 0 Å². The van der Waals surface area contributed by atoms with E-state index in [2.05, 4.69) is 12.1 Å². The lowest BCUT2D eigenvalue weighted by molar-refractivity contribution is 1.11. The molecule has 6 rings (SSSR count). The Morgan fingerprint density at radius 2 is 1.26 bits per heavy atom. The zero-order valence-corrected chi connectivity index (χ0v) is 16.6. The fraction of sp³-hybridized carbons (Fsp3) is 0. The van der Waals surface area contributed by atoms with Crippen LogP contribution in [0.3, 0.4) is 0 Å². The normalized spacial score (nSPS) is 11.4. The molecular formula is C27H17N3O. The highest BCUT2D eigenvalue weighted by Crippen LogP contribution is 2.27. The van der Waals surface area contributed by atoms with Crippen molar-refractivity contribution in [3.8, 4) is 22.4 Å². The van der Waals surface area contributed by atoms with E-state index >= 15 is 0 Å². The molecule has 0 unspecified atom stereocenters. The van der Waals surface area contributed by atoms with Crippen LogP contribution < -0.4 is 5.56 Å². The Bertz CT molecular complexity index is 1640. The molecular weight excluding hydrogens is 382 g/mol. The van der Waals surface area contributed by atoms with E-state index < -0.39 is 0 Å². The largest absolute Gasteiger partial charge is 0.268 e. The molecule has 4 nitrogen and oxygen atoms in total. The molecule has 4 heteroatoms. The molecule has 0 atom stereocenters. The van der Waals surface area contributed by atoms with Crippen LogP contribution in [0.1, 0.15) is 0 Å². The van der Waals surface area contributed by atoms with Crippen LogP contribution in [-0.2, 0) is 0 Å². The monoisotopic (exact) mass is 399 g/mol. The minimum Gasteiger partial charge on any atom is -0.268 e. The van der Waals surface area contributed by atoms with Crippen LogP contribution in [-0.4, -0.2) is 14.4 Å². The minimum atomic E-state index is -0.0876. The van der Waals surface area contributed by atoms with Gasteiger partial charge in [-0.25, -0.2) is 9.97 Å². The molecule has 0 spiro atoms. The lowest BCUT2D eigenvalue weighted by Crippen LogP contribution is -2.17. The second-order valence-electron chi connectivity index (χ2n) is 7.49. The maximum atomic E-state index is 13.6. The molecule has 0 saturated carbocycles. The van der Waals surface area contributed by atoms with Crippen LogP contribution in [0.5, 0.6) is 0 Å². The lowest BCUT2D eigenvalue weighted by atomic mass is 10.0. The van der Waals surface area contributed by atoms with Crippen molar-refractivity contribution in [1.82, 2.24) is 14.4 Å². The molecule has 0 amide bonds. The van der Waals surface area contributed by atoms with E-state index in [1.165, 1.54) is 0 Å². The van der Waals surface area contributed by atoms with Crippen LogP contribution in [0, 0.1) is 0 Å². The zero-order valence-electron chi connectivity index (χ0n) is 16.6. The Balaban J connectivity index is 1.76. The Morgan fingerprint density at radius 1 is 0.581 bits per heavy atom. The second-order valence-corrected chi connectivity index (χ2v) is 7.49. The summed E-state index contributed by atoms with van der Waals surface area (Å²) in [4.78, 5) is 23.5. The van der Waals surface area contributed by atoms with Crippen molar-refractivity contribution in [1.29, 1.82) is 0 Å². The van der Waals surface area contributed by atoms with Gasteiger partial charge in [0.1, 0.15) is 5.69 Å². The fourth-order valence-electron chi connectivity index (χ4n) is 4.09. The Hall–Kier alpha value is -4.31. The van der Waals surface area contributed by atoms with Gasteiger partial charge in [-0.2, -0.15) is 0 Å². The van der Waals surface area contributed by atoms with E-state index in [-0.39, 0.29) is 5.56 Å². The summed E-state index contributed by atoms with van der Waals surface area (Å²) in [5.41, 5.74) is 6.40. The fourth-order valence-corrected chi connectivity index (χ4v) is 4.09. The van der Waals surface area contributed by atoms with Crippen molar-refractivity contribution in [3.63, 3.8) is 0 Å². The van der Waals surface area contributed by atoms with Gasteiger partial charge in [-0.3, -0.25) is 9.20 Å². The lowest BCUT2D eigenvalue weighted by Gasteiger charge is -2.12. The van der Waals surface area contributed by atoms with E-state index in [4.69, 9.17) is 9.97 Å². The summed E-state index contributed by atoms with van der Waals surface area (Å²) in [6.45, 7) is 0. The third-order valence-electron chi connectivity index (χ3n) is 5.59. The predicted molar refractivity (Wildman–Crippen MR) is 125 cm³/mol. The quantitative estimate of drug-likeness (QED) is 0.276. The first kappa shape index (κ1) is 17.5. The SMILES string of the molecule is O=c1c2ccc(-c3ccccc3)cc2nc2c(-c3ccccc3)nc3ccccc3n12. The van der Waals surface area contributed by atoms with E-state index in [0.29, 0.717) is 22.2 Å². The van der Waals surface area contributed by atoms with Gasteiger partial charge in [0, 0.05) is 5.56 Å². The molecule has 2 heterocycles. The van der Waals surface area contributed by atoms with Crippen LogP contribution in [0.2, 0.25) is 0 Å². The summed E-state index contributed by atoms with van der Waals surface area (Å²) in [5.74, 6) is 0. The van der Waals surface area contributed by atoms with E-state index in [1.807, 2.05) is 91.0 Å². The van der Waals surface area contributed by atoms with Crippen molar-refractivity contribution in [2.75, 3.05) is 0 Å². The Labute approximate surface area is 178 Å². The zero-order chi connectivity index (χ0) is 20.8. The molecule has 31 heavy (non-hydrogen) atoms. The van der Waals surface area contributed by atoms with Crippen molar-refractivity contribution >= 4 is 27.6 Å². The van der Waals surface area contributed by atoms with Crippen molar-refractivity contribution in [3.05, 3.63) is 113 Å². The van der Waals surface area contributed by atoms with Gasteiger partial charge in [0.05, 0.1) is 21.9 Å². The molecule has 0 aliphatic rings. The third kappa shape index (κ3) is 2.81. The van der Waals surface area contributed by atoms with Crippen molar-refractivity contribution in [2.24, 2.45) is 0 Å². The smallest absolute Gasteiger partial charge is 0.266 e. The molecule has 0 aliphatic carbocycles. The molecule has 6 aromatic rings. The summed E-state index contributed by atoms with van der Waals surface area (Å²) in [7, 11) is 0. The number of hydrogen-bond donors (Lipinski definition) is 0. The number of fused-ring (bicyclic) bond motifs is 4. The molecule has 0 N–H and O–H groups in total. The van der Waals surface area contributed by atoms with E-state index in [0.717, 1.165) is 27.7 Å². The molecule has 0 aliphatic heterocycles. The van der Waals surface area contributed by atoms with Gasteiger partial charge in [-0.15, -0.1) is 0 Å². The Kier molecular flexibility index (Phi) is 3.90. The number of benzene rings is 4. The summed E-state index contributed by atoms with van der Waals surface area (Å²) >= 11 is 0. The number of rotatable bonds is 2. The van der Waals surface area contributed by atoms with Crippen LogP contribution in [0.25, 0.3) is 50.0 Å². The highest BCUT2D eigenvalue weighted by Gasteiger charge is 2.15. The van der Waals surface area contributed by atoms with Gasteiger partial charge in [-0.05, 0) is 35.4 Å². The maximum absolute atomic E-state index is 13.6. The van der Waals surface area contributed by atoms with Crippen LogP contribution >= 0.6 is 0 Å². The van der Waals surface area contributed by atoms with Crippen LogP contribution in [0.4, 0.5) is 0 Å². The highest BCUT2D eigenvalue weighted by atomic mass is 16.1. The maximum Gasteiger partial charge on any atom is 0.266 e. The first-order valence-corrected chi connectivity index (χ1v) is 10.2. The molecule has 0 bridgehead atoms. The molecule has 4 aromatic carbocycles. The Morgan fingerprint density at radius 3 is 2.03 bits per heavy atom. The molecule has 0 saturated heterocycles.